The number of pyridine rings is 1. The minimum atomic E-state index is -0.0206. The number of aromatic nitrogens is 3. The fourth-order valence-corrected chi connectivity index (χ4v) is 3.39. The average Bonchev–Trinajstić information content (AvgIpc) is 2.78. The fraction of sp³-hybridized carbons (Fsp3) is 0.273. The Labute approximate surface area is 170 Å². The van der Waals surface area contributed by atoms with Crippen LogP contribution < -0.4 is 10.2 Å². The number of anilines is 2. The van der Waals surface area contributed by atoms with E-state index in [4.69, 9.17) is 0 Å². The Bertz CT molecular complexity index is 953. The second-order valence-corrected chi connectivity index (χ2v) is 7.13. The molecule has 1 aliphatic heterocycles. The molecule has 7 heteroatoms. The lowest BCUT2D eigenvalue weighted by Gasteiger charge is -2.36. The molecule has 1 N–H and O–H groups in total. The van der Waals surface area contributed by atoms with Crippen LogP contribution in [0.3, 0.4) is 0 Å². The van der Waals surface area contributed by atoms with Crippen LogP contribution in [0.4, 0.5) is 11.6 Å². The standard InChI is InChI=1S/C22H24N6O/c1-17-4-2-6-20(12-17)27-8-10-28(11-9-27)21(29)19-15-25-22(26-16-19)24-14-18-5-3-7-23-13-18/h2-7,12-13,15-16H,8-11,14H2,1H3,(H,24,25,26). The molecule has 0 bridgehead atoms. The van der Waals surface area contributed by atoms with E-state index in [2.05, 4.69) is 56.4 Å². The Morgan fingerprint density at radius 1 is 1.03 bits per heavy atom. The first-order valence-corrected chi connectivity index (χ1v) is 9.75. The Morgan fingerprint density at radius 2 is 1.83 bits per heavy atom. The quantitative estimate of drug-likeness (QED) is 0.724. The molecule has 0 saturated carbocycles. The summed E-state index contributed by atoms with van der Waals surface area (Å²) < 4.78 is 0. The molecule has 1 fully saturated rings. The summed E-state index contributed by atoms with van der Waals surface area (Å²) in [6.45, 7) is 5.70. The summed E-state index contributed by atoms with van der Waals surface area (Å²) in [4.78, 5) is 29.6. The summed E-state index contributed by atoms with van der Waals surface area (Å²) in [5.41, 5.74) is 4.02. The van der Waals surface area contributed by atoms with Crippen molar-refractivity contribution in [2.24, 2.45) is 0 Å². The molecule has 0 aliphatic carbocycles. The monoisotopic (exact) mass is 388 g/mol. The van der Waals surface area contributed by atoms with Crippen molar-refractivity contribution in [3.05, 3.63) is 77.9 Å². The van der Waals surface area contributed by atoms with Gasteiger partial charge in [-0.2, -0.15) is 0 Å². The summed E-state index contributed by atoms with van der Waals surface area (Å²) in [7, 11) is 0. The van der Waals surface area contributed by atoms with Gasteiger partial charge >= 0.3 is 0 Å². The van der Waals surface area contributed by atoms with Crippen molar-refractivity contribution in [1.82, 2.24) is 19.9 Å². The Hall–Kier alpha value is -3.48. The molecule has 3 heterocycles. The minimum absolute atomic E-state index is 0.0206. The number of hydrogen-bond donors (Lipinski definition) is 1. The first-order valence-electron chi connectivity index (χ1n) is 9.75. The molecule has 0 unspecified atom stereocenters. The molecule has 3 aromatic rings. The fourth-order valence-electron chi connectivity index (χ4n) is 3.39. The summed E-state index contributed by atoms with van der Waals surface area (Å²) >= 11 is 0. The highest BCUT2D eigenvalue weighted by atomic mass is 16.2. The van der Waals surface area contributed by atoms with E-state index in [1.165, 1.54) is 11.3 Å². The van der Waals surface area contributed by atoms with E-state index < -0.39 is 0 Å². The SMILES string of the molecule is Cc1cccc(N2CCN(C(=O)c3cnc(NCc4cccnc4)nc3)CC2)c1. The summed E-state index contributed by atoms with van der Waals surface area (Å²) in [6, 6.07) is 12.3. The van der Waals surface area contributed by atoms with Crippen LogP contribution in [-0.4, -0.2) is 51.9 Å². The number of nitrogens with one attached hydrogen (secondary N) is 1. The highest BCUT2D eigenvalue weighted by Gasteiger charge is 2.22. The third kappa shape index (κ3) is 4.68. The average molecular weight is 388 g/mol. The van der Waals surface area contributed by atoms with Gasteiger partial charge in [0, 0.05) is 63.2 Å². The van der Waals surface area contributed by atoms with E-state index in [9.17, 15) is 4.79 Å². The number of benzene rings is 1. The van der Waals surface area contributed by atoms with Crippen LogP contribution in [0.25, 0.3) is 0 Å². The van der Waals surface area contributed by atoms with Crippen molar-refractivity contribution in [3.63, 3.8) is 0 Å². The van der Waals surface area contributed by atoms with Crippen molar-refractivity contribution in [1.29, 1.82) is 0 Å². The van der Waals surface area contributed by atoms with Gasteiger partial charge in [-0.25, -0.2) is 9.97 Å². The van der Waals surface area contributed by atoms with Gasteiger partial charge in [-0.3, -0.25) is 9.78 Å². The molecule has 0 atom stereocenters. The van der Waals surface area contributed by atoms with Crippen LogP contribution in [0, 0.1) is 6.92 Å². The van der Waals surface area contributed by atoms with Crippen LogP contribution in [-0.2, 0) is 6.54 Å². The number of hydrogen-bond acceptors (Lipinski definition) is 6. The summed E-state index contributed by atoms with van der Waals surface area (Å²) in [5, 5.41) is 3.14. The third-order valence-electron chi connectivity index (χ3n) is 5.01. The second kappa shape index (κ2) is 8.68. The van der Waals surface area contributed by atoms with Gasteiger partial charge in [0.1, 0.15) is 0 Å². The number of piperazine rings is 1. The van der Waals surface area contributed by atoms with Crippen molar-refractivity contribution in [3.8, 4) is 0 Å². The first kappa shape index (κ1) is 18.9. The van der Waals surface area contributed by atoms with E-state index in [-0.39, 0.29) is 5.91 Å². The number of nitrogens with zero attached hydrogens (tertiary/aromatic N) is 5. The maximum atomic E-state index is 12.8. The second-order valence-electron chi connectivity index (χ2n) is 7.13. The molecule has 0 radical (unpaired) electrons. The van der Waals surface area contributed by atoms with Crippen LogP contribution in [0.5, 0.6) is 0 Å². The lowest BCUT2D eigenvalue weighted by atomic mass is 10.2. The van der Waals surface area contributed by atoms with E-state index in [0.717, 1.165) is 18.7 Å². The van der Waals surface area contributed by atoms with Crippen LogP contribution in [0.1, 0.15) is 21.5 Å². The normalized spacial score (nSPS) is 14.0. The van der Waals surface area contributed by atoms with Crippen molar-refractivity contribution in [2.45, 2.75) is 13.5 Å². The summed E-state index contributed by atoms with van der Waals surface area (Å²) in [5.74, 6) is 0.474. The molecular weight excluding hydrogens is 364 g/mol. The van der Waals surface area contributed by atoms with Gasteiger partial charge in [0.15, 0.2) is 0 Å². The first-order chi connectivity index (χ1) is 14.2. The molecule has 1 amide bonds. The number of rotatable bonds is 5. The van der Waals surface area contributed by atoms with Gasteiger partial charge in [-0.05, 0) is 36.2 Å². The zero-order valence-electron chi connectivity index (χ0n) is 16.5. The largest absolute Gasteiger partial charge is 0.368 e. The van der Waals surface area contributed by atoms with Gasteiger partial charge in [0.25, 0.3) is 5.91 Å². The third-order valence-corrected chi connectivity index (χ3v) is 5.01. The molecular formula is C22H24N6O. The maximum absolute atomic E-state index is 12.8. The van der Waals surface area contributed by atoms with E-state index in [1.54, 1.807) is 24.8 Å². The molecule has 148 valence electrons. The number of amides is 1. The van der Waals surface area contributed by atoms with Gasteiger partial charge in [-0.15, -0.1) is 0 Å². The molecule has 29 heavy (non-hydrogen) atoms. The van der Waals surface area contributed by atoms with Gasteiger partial charge in [0.05, 0.1) is 5.56 Å². The number of carbonyl (C=O) groups is 1. The minimum Gasteiger partial charge on any atom is -0.368 e. The van der Waals surface area contributed by atoms with Crippen molar-refractivity contribution in [2.75, 3.05) is 36.4 Å². The molecule has 7 nitrogen and oxygen atoms in total. The highest BCUT2D eigenvalue weighted by molar-refractivity contribution is 5.93. The molecule has 1 saturated heterocycles. The molecule has 1 aliphatic rings. The van der Waals surface area contributed by atoms with E-state index in [0.29, 0.717) is 31.1 Å². The molecule has 1 aromatic carbocycles. The Kier molecular flexibility index (Phi) is 5.65. The van der Waals surface area contributed by atoms with Gasteiger partial charge in [0.2, 0.25) is 5.95 Å². The lowest BCUT2D eigenvalue weighted by molar-refractivity contribution is 0.0746. The summed E-state index contributed by atoms with van der Waals surface area (Å²) in [6.07, 6.45) is 6.71. The Balaban J connectivity index is 1.31. The maximum Gasteiger partial charge on any atom is 0.257 e. The lowest BCUT2D eigenvalue weighted by Crippen LogP contribution is -2.48. The van der Waals surface area contributed by atoms with E-state index in [1.807, 2.05) is 17.0 Å². The van der Waals surface area contributed by atoms with Crippen molar-refractivity contribution >= 4 is 17.5 Å². The predicted molar refractivity (Wildman–Crippen MR) is 113 cm³/mol. The van der Waals surface area contributed by atoms with Gasteiger partial charge < -0.3 is 15.1 Å². The van der Waals surface area contributed by atoms with Crippen LogP contribution in [0.2, 0.25) is 0 Å². The topological polar surface area (TPSA) is 74.2 Å². The van der Waals surface area contributed by atoms with Gasteiger partial charge in [-0.1, -0.05) is 18.2 Å². The van der Waals surface area contributed by atoms with E-state index >= 15 is 0 Å². The highest BCUT2D eigenvalue weighted by Crippen LogP contribution is 2.18. The smallest absolute Gasteiger partial charge is 0.257 e. The molecule has 2 aromatic heterocycles. The number of aryl methyl sites for hydroxylation is 1. The Morgan fingerprint density at radius 3 is 2.52 bits per heavy atom. The number of carbonyl (C=O) groups excluding carboxylic acids is 1. The predicted octanol–water partition coefficient (Wildman–Crippen LogP) is 2.75. The zero-order chi connectivity index (χ0) is 20.1. The zero-order valence-corrected chi connectivity index (χ0v) is 16.5. The van der Waals surface area contributed by atoms with Crippen LogP contribution >= 0.6 is 0 Å². The molecule has 4 rings (SSSR count). The van der Waals surface area contributed by atoms with Crippen molar-refractivity contribution < 1.29 is 4.79 Å². The molecule has 0 spiro atoms. The van der Waals surface area contributed by atoms with Crippen LogP contribution in [0.15, 0.2) is 61.2 Å².